The number of aryl methyl sites for hydroxylation is 1. The number of hydrogen-bond acceptors (Lipinski definition) is 4. The second-order valence-corrected chi connectivity index (χ2v) is 7.53. The van der Waals surface area contributed by atoms with Crippen molar-refractivity contribution >= 4 is 31.8 Å². The van der Waals surface area contributed by atoms with Gasteiger partial charge in [0.15, 0.2) is 0 Å². The number of halogens is 1. The van der Waals surface area contributed by atoms with Crippen molar-refractivity contribution in [3.8, 4) is 0 Å². The van der Waals surface area contributed by atoms with Crippen molar-refractivity contribution in [3.63, 3.8) is 0 Å². The van der Waals surface area contributed by atoms with Gasteiger partial charge in [-0.25, -0.2) is 4.39 Å². The van der Waals surface area contributed by atoms with Gasteiger partial charge in [-0.05, 0) is 56.8 Å². The fraction of sp³-hybridized carbons (Fsp3) is 0.500. The summed E-state index contributed by atoms with van der Waals surface area (Å²) in [6.07, 6.45) is 1.88. The minimum Gasteiger partial charge on any atom is -0.481 e. The molecule has 1 N–H and O–H groups in total. The zero-order valence-corrected chi connectivity index (χ0v) is 15.9. The van der Waals surface area contributed by atoms with Crippen LogP contribution in [0.4, 0.5) is 4.39 Å². The van der Waals surface area contributed by atoms with E-state index in [9.17, 15) is 9.18 Å². The summed E-state index contributed by atoms with van der Waals surface area (Å²) in [5, 5.41) is 8.71. The lowest BCUT2D eigenvalue weighted by atomic mass is 9.78. The summed E-state index contributed by atoms with van der Waals surface area (Å²) in [5.41, 5.74) is 0.953. The lowest BCUT2D eigenvalue weighted by Gasteiger charge is -2.32. The second-order valence-electron chi connectivity index (χ2n) is 7.21. The largest absolute Gasteiger partial charge is 0.491 e. The van der Waals surface area contributed by atoms with Crippen LogP contribution < -0.4 is 0 Å². The molecule has 1 saturated heterocycles. The van der Waals surface area contributed by atoms with Crippen LogP contribution in [0.1, 0.15) is 45.2 Å². The van der Waals surface area contributed by atoms with E-state index in [4.69, 9.17) is 14.4 Å². The van der Waals surface area contributed by atoms with Crippen molar-refractivity contribution in [3.05, 3.63) is 40.6 Å². The Morgan fingerprint density at radius 3 is 2.36 bits per heavy atom. The number of benzene rings is 1. The first-order valence-electron chi connectivity index (χ1n) is 8.23. The summed E-state index contributed by atoms with van der Waals surface area (Å²) in [6, 6.07) is 4.77. The van der Waals surface area contributed by atoms with E-state index in [0.717, 1.165) is 5.47 Å². The van der Waals surface area contributed by atoms with Crippen molar-refractivity contribution in [2.45, 2.75) is 51.7 Å². The third-order valence-corrected chi connectivity index (χ3v) is 5.14. The third kappa shape index (κ3) is 4.66. The minimum absolute atomic E-state index is 0.0953. The molecule has 0 unspecified atom stereocenters. The summed E-state index contributed by atoms with van der Waals surface area (Å²) in [5.74, 6) is -0.942. The van der Waals surface area contributed by atoms with Gasteiger partial charge in [-0.3, -0.25) is 4.79 Å². The minimum atomic E-state index is -0.943. The molecule has 0 radical (unpaired) electrons. The predicted molar refractivity (Wildman–Crippen MR) is 100 cm³/mol. The highest BCUT2D eigenvalue weighted by atomic mass is 32.1. The summed E-state index contributed by atoms with van der Waals surface area (Å²) in [7, 11) is -0.530. The molecule has 0 aliphatic carbocycles. The molecule has 0 atom stereocenters. The van der Waals surface area contributed by atoms with Crippen LogP contribution in [0.25, 0.3) is 6.08 Å². The molecule has 136 valence electrons. The van der Waals surface area contributed by atoms with Crippen LogP contribution in [0.2, 0.25) is 0 Å². The maximum Gasteiger partial charge on any atom is 0.491 e. The van der Waals surface area contributed by atoms with Crippen LogP contribution in [0, 0.1) is 5.82 Å². The van der Waals surface area contributed by atoms with Crippen molar-refractivity contribution in [2.75, 3.05) is 5.75 Å². The van der Waals surface area contributed by atoms with Crippen LogP contribution in [-0.2, 0) is 20.5 Å². The van der Waals surface area contributed by atoms with Gasteiger partial charge in [-0.15, -0.1) is 0 Å². The summed E-state index contributed by atoms with van der Waals surface area (Å²) in [4.78, 5) is 10.6. The van der Waals surface area contributed by atoms with Crippen LogP contribution in [0.15, 0.2) is 23.7 Å². The van der Waals surface area contributed by atoms with E-state index in [1.54, 1.807) is 18.2 Å². The maximum absolute atomic E-state index is 14.2. The van der Waals surface area contributed by atoms with Gasteiger partial charge in [0.2, 0.25) is 0 Å². The Kier molecular flexibility index (Phi) is 6.02. The summed E-state index contributed by atoms with van der Waals surface area (Å²) >= 11 is 4.35. The molecule has 0 aromatic heterocycles. The third-order valence-electron chi connectivity index (χ3n) is 4.78. The Balaban J connectivity index is 2.20. The average molecular weight is 366 g/mol. The standard InChI is InChI=1S/C18H24BFO4S/c1-17(2)18(3,4)24-19(23-17)14(11-25)9-12-5-6-13(15(20)10-12)7-8-16(21)22/h5-6,9-10,25H,7-8,11H2,1-4H3,(H,21,22). The zero-order chi connectivity index (χ0) is 18.8. The van der Waals surface area contributed by atoms with E-state index in [1.165, 1.54) is 6.07 Å². The Bertz CT molecular complexity index is 672. The average Bonchev–Trinajstić information content (AvgIpc) is 2.71. The summed E-state index contributed by atoms with van der Waals surface area (Å²) in [6.45, 7) is 7.89. The molecule has 0 amide bonds. The smallest absolute Gasteiger partial charge is 0.481 e. The molecule has 4 nitrogen and oxygen atoms in total. The predicted octanol–water partition coefficient (Wildman–Crippen LogP) is 3.79. The fourth-order valence-electron chi connectivity index (χ4n) is 2.49. The molecule has 1 aromatic carbocycles. The fourth-order valence-corrected chi connectivity index (χ4v) is 2.73. The second kappa shape index (κ2) is 7.52. The Morgan fingerprint density at radius 2 is 1.88 bits per heavy atom. The molecule has 0 bridgehead atoms. The van der Waals surface area contributed by atoms with Gasteiger partial charge < -0.3 is 14.4 Å². The zero-order valence-electron chi connectivity index (χ0n) is 15.0. The Labute approximate surface area is 154 Å². The van der Waals surface area contributed by atoms with E-state index in [2.05, 4.69) is 12.6 Å². The van der Waals surface area contributed by atoms with Crippen molar-refractivity contribution in [1.29, 1.82) is 0 Å². The lowest BCUT2D eigenvalue weighted by Crippen LogP contribution is -2.41. The monoisotopic (exact) mass is 366 g/mol. The summed E-state index contributed by atoms with van der Waals surface area (Å²) < 4.78 is 26.2. The molecule has 1 aliphatic heterocycles. The molecular weight excluding hydrogens is 342 g/mol. The Morgan fingerprint density at radius 1 is 1.28 bits per heavy atom. The highest BCUT2D eigenvalue weighted by Crippen LogP contribution is 2.39. The highest BCUT2D eigenvalue weighted by Gasteiger charge is 2.52. The molecule has 1 aliphatic rings. The quantitative estimate of drug-likeness (QED) is 0.594. The topological polar surface area (TPSA) is 55.8 Å². The van der Waals surface area contributed by atoms with Crippen molar-refractivity contribution < 1.29 is 23.6 Å². The molecular formula is C18H24BFO4S. The van der Waals surface area contributed by atoms with Crippen LogP contribution >= 0.6 is 12.6 Å². The van der Waals surface area contributed by atoms with Gasteiger partial charge in [0.05, 0.1) is 11.2 Å². The number of hydrogen-bond donors (Lipinski definition) is 2. The maximum atomic E-state index is 14.2. The SMILES string of the molecule is CC1(C)OB(C(=Cc2ccc(CCC(=O)O)c(F)c2)CS)OC1(C)C. The van der Waals surface area contributed by atoms with Crippen molar-refractivity contribution in [2.24, 2.45) is 0 Å². The molecule has 25 heavy (non-hydrogen) atoms. The van der Waals surface area contributed by atoms with Gasteiger partial charge in [-0.1, -0.05) is 18.2 Å². The number of carbonyl (C=O) groups is 1. The number of carboxylic acids is 1. The van der Waals surface area contributed by atoms with Gasteiger partial charge in [0.25, 0.3) is 0 Å². The van der Waals surface area contributed by atoms with Crippen molar-refractivity contribution in [1.82, 2.24) is 0 Å². The first-order valence-corrected chi connectivity index (χ1v) is 8.86. The van der Waals surface area contributed by atoms with Crippen LogP contribution in [0.5, 0.6) is 0 Å². The lowest BCUT2D eigenvalue weighted by molar-refractivity contribution is -0.136. The molecule has 1 aromatic rings. The first-order chi connectivity index (χ1) is 11.6. The van der Waals surface area contributed by atoms with E-state index < -0.39 is 30.1 Å². The first kappa shape index (κ1) is 20.0. The van der Waals surface area contributed by atoms with Crippen LogP contribution in [0.3, 0.4) is 0 Å². The molecule has 0 spiro atoms. The highest BCUT2D eigenvalue weighted by molar-refractivity contribution is 7.80. The molecule has 1 fully saturated rings. The van der Waals surface area contributed by atoms with E-state index >= 15 is 0 Å². The number of aliphatic carboxylic acids is 1. The molecule has 7 heteroatoms. The number of carboxylic acid groups (broad SMARTS) is 1. The normalized spacial score (nSPS) is 19.3. The molecule has 2 rings (SSSR count). The number of thiol groups is 1. The van der Waals surface area contributed by atoms with Gasteiger partial charge >= 0.3 is 13.1 Å². The van der Waals surface area contributed by atoms with Gasteiger partial charge in [0.1, 0.15) is 5.82 Å². The number of rotatable bonds is 6. The van der Waals surface area contributed by atoms with E-state index in [0.29, 0.717) is 16.9 Å². The molecule has 0 saturated carbocycles. The van der Waals surface area contributed by atoms with E-state index in [1.807, 2.05) is 27.7 Å². The molecule has 1 heterocycles. The Hall–Kier alpha value is -1.31. The van der Waals surface area contributed by atoms with Gasteiger partial charge in [-0.2, -0.15) is 12.6 Å². The van der Waals surface area contributed by atoms with Crippen LogP contribution in [-0.4, -0.2) is 35.1 Å². The van der Waals surface area contributed by atoms with Gasteiger partial charge in [0, 0.05) is 12.2 Å². The van der Waals surface area contributed by atoms with E-state index in [-0.39, 0.29) is 12.8 Å².